The number of hydrogen-bond acceptors (Lipinski definition) is 3. The maximum absolute atomic E-state index is 12.7. The summed E-state index contributed by atoms with van der Waals surface area (Å²) in [6.45, 7) is 6.90. The van der Waals surface area contributed by atoms with Crippen molar-refractivity contribution >= 4 is 16.8 Å². The number of nitrogens with one attached hydrogen (secondary N) is 2. The minimum absolute atomic E-state index is 0.0999. The molecule has 1 aromatic heterocycles. The lowest BCUT2D eigenvalue weighted by molar-refractivity contribution is 0.0816. The Morgan fingerprint density at radius 3 is 2.71 bits per heavy atom. The summed E-state index contributed by atoms with van der Waals surface area (Å²) in [7, 11) is 0. The van der Waals surface area contributed by atoms with Crippen LogP contribution in [0, 0.1) is 16.7 Å². The van der Waals surface area contributed by atoms with Crippen LogP contribution >= 0.6 is 0 Å². The average Bonchev–Trinajstić information content (AvgIpc) is 2.88. The Kier molecular flexibility index (Phi) is 3.15. The van der Waals surface area contributed by atoms with Crippen molar-refractivity contribution in [1.29, 1.82) is 0 Å². The summed E-state index contributed by atoms with van der Waals surface area (Å²) in [6, 6.07) is 7.20. The summed E-state index contributed by atoms with van der Waals surface area (Å²) in [5.41, 5.74) is 0.607. The van der Waals surface area contributed by atoms with Crippen LogP contribution in [0.5, 0.6) is 0 Å². The zero-order chi connectivity index (χ0) is 17.1. The van der Waals surface area contributed by atoms with Gasteiger partial charge in [0.05, 0.1) is 10.9 Å². The van der Waals surface area contributed by atoms with Gasteiger partial charge in [-0.1, -0.05) is 32.9 Å². The minimum atomic E-state index is -0.285. The molecule has 1 amide bonds. The predicted octanol–water partition coefficient (Wildman–Crippen LogP) is 2.87. The van der Waals surface area contributed by atoms with Crippen molar-refractivity contribution in [3.8, 4) is 0 Å². The molecule has 2 bridgehead atoms. The zero-order valence-electron chi connectivity index (χ0n) is 14.3. The molecule has 0 radical (unpaired) electrons. The Hall–Kier alpha value is -2.17. The first-order valence-electron chi connectivity index (χ1n) is 8.63. The normalized spacial score (nSPS) is 30.6. The molecule has 2 aromatic rings. The Labute approximate surface area is 140 Å². The molecule has 2 N–H and O–H groups in total. The van der Waals surface area contributed by atoms with Crippen LogP contribution in [-0.4, -0.2) is 21.9 Å². The summed E-state index contributed by atoms with van der Waals surface area (Å²) < 4.78 is 0. The van der Waals surface area contributed by atoms with E-state index in [1.165, 1.54) is 6.42 Å². The number of H-pyrrole nitrogens is 1. The number of carbonyl (C=O) groups is 1. The number of benzene rings is 1. The Morgan fingerprint density at radius 2 is 2.04 bits per heavy atom. The number of fused-ring (bicyclic) bond motifs is 3. The van der Waals surface area contributed by atoms with E-state index in [-0.39, 0.29) is 34.2 Å². The van der Waals surface area contributed by atoms with Crippen LogP contribution in [0.1, 0.15) is 50.7 Å². The number of rotatable bonds is 2. The van der Waals surface area contributed by atoms with Crippen LogP contribution < -0.4 is 10.9 Å². The van der Waals surface area contributed by atoms with Gasteiger partial charge in [-0.2, -0.15) is 0 Å². The van der Waals surface area contributed by atoms with E-state index >= 15 is 0 Å². The van der Waals surface area contributed by atoms with Gasteiger partial charge in [-0.05, 0) is 48.1 Å². The second-order valence-corrected chi connectivity index (χ2v) is 8.07. The van der Waals surface area contributed by atoms with Gasteiger partial charge in [-0.3, -0.25) is 9.59 Å². The first kappa shape index (κ1) is 15.4. The lowest BCUT2D eigenvalue weighted by Crippen LogP contribution is -2.47. The SMILES string of the molecule is CC1(C)[C@@H]2CC[C@@]1(C)[C@@H](NC(=O)c1nc3ccccc3c(=O)[nH]1)C2. The van der Waals surface area contributed by atoms with Gasteiger partial charge in [-0.25, -0.2) is 4.98 Å². The van der Waals surface area contributed by atoms with Gasteiger partial charge in [0.15, 0.2) is 5.82 Å². The molecule has 1 heterocycles. The molecule has 0 aliphatic heterocycles. The fourth-order valence-corrected chi connectivity index (χ4v) is 4.84. The monoisotopic (exact) mass is 325 g/mol. The zero-order valence-corrected chi connectivity index (χ0v) is 14.3. The molecule has 5 heteroatoms. The van der Waals surface area contributed by atoms with Crippen LogP contribution in [-0.2, 0) is 0 Å². The molecule has 2 aliphatic carbocycles. The summed E-state index contributed by atoms with van der Waals surface area (Å²) in [4.78, 5) is 31.8. The van der Waals surface area contributed by atoms with Gasteiger partial charge in [0, 0.05) is 6.04 Å². The fourth-order valence-electron chi connectivity index (χ4n) is 4.84. The molecule has 2 saturated carbocycles. The van der Waals surface area contributed by atoms with Crippen LogP contribution in [0.15, 0.2) is 29.1 Å². The average molecular weight is 325 g/mol. The van der Waals surface area contributed by atoms with Gasteiger partial charge in [-0.15, -0.1) is 0 Å². The van der Waals surface area contributed by atoms with Crippen molar-refractivity contribution < 1.29 is 4.79 Å². The molecular weight excluding hydrogens is 302 g/mol. The van der Waals surface area contributed by atoms with Crippen molar-refractivity contribution in [2.24, 2.45) is 16.7 Å². The number of carbonyl (C=O) groups excluding carboxylic acids is 1. The smallest absolute Gasteiger partial charge is 0.287 e. The minimum Gasteiger partial charge on any atom is -0.346 e. The first-order chi connectivity index (χ1) is 11.3. The van der Waals surface area contributed by atoms with Crippen LogP contribution in [0.3, 0.4) is 0 Å². The number of aromatic nitrogens is 2. The molecule has 0 saturated heterocycles. The van der Waals surface area contributed by atoms with Gasteiger partial charge in [0.1, 0.15) is 0 Å². The Bertz CT molecular complexity index is 886. The van der Waals surface area contributed by atoms with E-state index in [0.717, 1.165) is 12.8 Å². The van der Waals surface area contributed by atoms with Crippen molar-refractivity contribution in [3.05, 3.63) is 40.4 Å². The van der Waals surface area contributed by atoms with E-state index in [1.54, 1.807) is 18.2 Å². The second kappa shape index (κ2) is 4.91. The third-order valence-electron chi connectivity index (χ3n) is 6.93. The van der Waals surface area contributed by atoms with Gasteiger partial charge in [0.25, 0.3) is 11.5 Å². The number of para-hydroxylation sites is 1. The molecule has 0 unspecified atom stereocenters. The first-order valence-corrected chi connectivity index (χ1v) is 8.63. The summed E-state index contributed by atoms with van der Waals surface area (Å²) in [5, 5.41) is 3.64. The van der Waals surface area contributed by atoms with Crippen LogP contribution in [0.2, 0.25) is 0 Å². The highest BCUT2D eigenvalue weighted by Gasteiger charge is 2.61. The topological polar surface area (TPSA) is 74.8 Å². The van der Waals surface area contributed by atoms with Crippen LogP contribution in [0.4, 0.5) is 0 Å². The fraction of sp³-hybridized carbons (Fsp3) is 0.526. The third-order valence-corrected chi connectivity index (χ3v) is 6.93. The van der Waals surface area contributed by atoms with E-state index in [4.69, 9.17) is 0 Å². The lowest BCUT2D eigenvalue weighted by atomic mass is 9.69. The summed E-state index contributed by atoms with van der Waals surface area (Å²) >= 11 is 0. The largest absolute Gasteiger partial charge is 0.346 e. The molecule has 4 rings (SSSR count). The van der Waals surface area contributed by atoms with Gasteiger partial charge in [0.2, 0.25) is 0 Å². The standard InChI is InChI=1S/C19H23N3O2/c1-18(2)11-8-9-19(18,3)14(10-11)21-17(24)15-20-13-7-5-4-6-12(13)16(23)22-15/h4-7,11,14H,8-10H2,1-3H3,(H,21,24)(H,20,22,23)/t11-,14+,19+/m1/s1. The maximum atomic E-state index is 12.7. The highest BCUT2D eigenvalue weighted by atomic mass is 16.2. The second-order valence-electron chi connectivity index (χ2n) is 8.07. The molecule has 0 spiro atoms. The Balaban J connectivity index is 1.63. The Morgan fingerprint density at radius 1 is 1.29 bits per heavy atom. The highest BCUT2D eigenvalue weighted by molar-refractivity contribution is 5.92. The quantitative estimate of drug-likeness (QED) is 0.891. The molecule has 2 aliphatic rings. The predicted molar refractivity (Wildman–Crippen MR) is 92.8 cm³/mol. The molecule has 5 nitrogen and oxygen atoms in total. The van der Waals surface area contributed by atoms with Crippen molar-refractivity contribution in [3.63, 3.8) is 0 Å². The summed E-state index contributed by atoms with van der Waals surface area (Å²) in [6.07, 6.45) is 3.38. The number of amides is 1. The van der Waals surface area contributed by atoms with Gasteiger partial charge >= 0.3 is 0 Å². The lowest BCUT2D eigenvalue weighted by Gasteiger charge is -2.39. The van der Waals surface area contributed by atoms with Crippen LogP contribution in [0.25, 0.3) is 10.9 Å². The van der Waals surface area contributed by atoms with E-state index in [9.17, 15) is 9.59 Å². The van der Waals surface area contributed by atoms with Gasteiger partial charge < -0.3 is 10.3 Å². The molecule has 3 atom stereocenters. The van der Waals surface area contributed by atoms with Crippen molar-refractivity contribution in [2.45, 2.75) is 46.1 Å². The van der Waals surface area contributed by atoms with Crippen molar-refractivity contribution in [2.75, 3.05) is 0 Å². The highest BCUT2D eigenvalue weighted by Crippen LogP contribution is 2.65. The molecule has 1 aromatic carbocycles. The van der Waals surface area contributed by atoms with Crippen molar-refractivity contribution in [1.82, 2.24) is 15.3 Å². The third kappa shape index (κ3) is 1.96. The molecule has 126 valence electrons. The molecule has 2 fully saturated rings. The van der Waals surface area contributed by atoms with E-state index in [0.29, 0.717) is 16.8 Å². The summed E-state index contributed by atoms with van der Waals surface area (Å²) in [5.74, 6) is 0.465. The molecule has 24 heavy (non-hydrogen) atoms. The van der Waals surface area contributed by atoms with E-state index in [1.807, 2.05) is 6.07 Å². The number of aromatic amines is 1. The van der Waals surface area contributed by atoms with E-state index < -0.39 is 0 Å². The molecular formula is C19H23N3O2. The maximum Gasteiger partial charge on any atom is 0.287 e. The number of hydrogen-bond donors (Lipinski definition) is 2. The number of nitrogens with zero attached hydrogens (tertiary/aromatic N) is 1. The van der Waals surface area contributed by atoms with E-state index in [2.05, 4.69) is 36.1 Å².